The second-order valence-electron chi connectivity index (χ2n) is 17.4. The lowest BCUT2D eigenvalue weighted by Crippen LogP contribution is -2.37. The summed E-state index contributed by atoms with van der Waals surface area (Å²) >= 11 is 0. The summed E-state index contributed by atoms with van der Waals surface area (Å²) in [6, 6.07) is 20.5. The second kappa shape index (κ2) is 20.9. The lowest BCUT2D eigenvalue weighted by Gasteiger charge is -2.29. The number of amides is 2. The number of anilines is 6. The number of aryl methyl sites for hydroxylation is 1. The van der Waals surface area contributed by atoms with E-state index in [2.05, 4.69) is 30.4 Å². The predicted molar refractivity (Wildman–Crippen MR) is 261 cm³/mol. The van der Waals surface area contributed by atoms with Crippen LogP contribution in [0.5, 0.6) is 0 Å². The summed E-state index contributed by atoms with van der Waals surface area (Å²) < 4.78 is 51.9. The highest BCUT2D eigenvalue weighted by atomic mass is 19.4. The molecular formula is C50H55F3N12O4. The summed E-state index contributed by atoms with van der Waals surface area (Å²) in [6.07, 6.45) is -1.62. The van der Waals surface area contributed by atoms with Crippen LogP contribution in [0.15, 0.2) is 85.2 Å². The standard InChI is InChI=1S/C50H55F3N12O4/c1-31(2)40-25-34(11-14-54-40)46(66)56-36-9-7-32(3)38(27-36)41-29-45(65-19-23-69-24-20-65)61-49(59-41)63(6)16-13-33-8-10-37(57-47(67)35-12-15-55-43(26-35)50(51,52)53)28-39(33)42-30-44(60-48(58-42)62(4)5)64-17-21-68-22-18-64/h7-12,14-15,25-31H,13,16-24H2,1-6H3,(H,56,66)(H,57,67). The van der Waals surface area contributed by atoms with Crippen LogP contribution in [0.2, 0.25) is 0 Å². The molecular weight excluding hydrogens is 890 g/mol. The van der Waals surface area contributed by atoms with Crippen LogP contribution in [0.3, 0.4) is 0 Å². The highest BCUT2D eigenvalue weighted by Crippen LogP contribution is 2.34. The van der Waals surface area contributed by atoms with Gasteiger partial charge in [0, 0.05) is 118 Å². The first-order valence-corrected chi connectivity index (χ1v) is 22.8. The van der Waals surface area contributed by atoms with Crippen molar-refractivity contribution in [1.82, 2.24) is 29.9 Å². The summed E-state index contributed by atoms with van der Waals surface area (Å²) in [7, 11) is 5.64. The van der Waals surface area contributed by atoms with Crippen LogP contribution >= 0.6 is 0 Å². The maximum absolute atomic E-state index is 13.5. The summed E-state index contributed by atoms with van der Waals surface area (Å²) in [5.41, 5.74) is 5.59. The fourth-order valence-electron chi connectivity index (χ4n) is 7.91. The zero-order valence-electron chi connectivity index (χ0n) is 39.5. The lowest BCUT2D eigenvalue weighted by atomic mass is 10.00. The van der Waals surface area contributed by atoms with Gasteiger partial charge in [-0.2, -0.15) is 23.1 Å². The fraction of sp³-hybridized carbons (Fsp3) is 0.360. The van der Waals surface area contributed by atoms with Crippen LogP contribution in [-0.2, 0) is 22.1 Å². The Balaban J connectivity index is 1.12. The van der Waals surface area contributed by atoms with Gasteiger partial charge in [0.05, 0.1) is 37.8 Å². The molecule has 6 heterocycles. The van der Waals surface area contributed by atoms with Crippen molar-refractivity contribution in [2.75, 3.05) is 111 Å². The molecule has 2 amide bonds. The van der Waals surface area contributed by atoms with Gasteiger partial charge in [0.25, 0.3) is 11.8 Å². The van der Waals surface area contributed by atoms with Crippen LogP contribution in [-0.4, -0.2) is 122 Å². The molecule has 2 aliphatic rings. The highest BCUT2D eigenvalue weighted by molar-refractivity contribution is 6.05. The Bertz CT molecular complexity index is 2810. The maximum Gasteiger partial charge on any atom is 0.433 e. The van der Waals surface area contributed by atoms with E-state index < -0.39 is 17.8 Å². The highest BCUT2D eigenvalue weighted by Gasteiger charge is 2.33. The largest absolute Gasteiger partial charge is 0.433 e. The number of ether oxygens (including phenoxy) is 2. The predicted octanol–water partition coefficient (Wildman–Crippen LogP) is 7.76. The Morgan fingerprint density at radius 1 is 0.681 bits per heavy atom. The van der Waals surface area contributed by atoms with E-state index in [0.717, 1.165) is 40.5 Å². The van der Waals surface area contributed by atoms with Crippen LogP contribution in [0, 0.1) is 6.92 Å². The number of aromatic nitrogens is 6. The van der Waals surface area contributed by atoms with Gasteiger partial charge in [0.1, 0.15) is 17.3 Å². The van der Waals surface area contributed by atoms with Gasteiger partial charge in [-0.05, 0) is 78.9 Å². The van der Waals surface area contributed by atoms with Crippen LogP contribution in [0.1, 0.15) is 63.0 Å². The maximum atomic E-state index is 13.5. The normalized spacial score (nSPS) is 14.2. The number of hydrogen-bond donors (Lipinski definition) is 2. The van der Waals surface area contributed by atoms with E-state index in [1.54, 1.807) is 24.4 Å². The number of morpholine rings is 2. The van der Waals surface area contributed by atoms with Gasteiger partial charge in [0.2, 0.25) is 11.9 Å². The number of likely N-dealkylation sites (N-methyl/N-ethyl adjacent to an activating group) is 1. The van der Waals surface area contributed by atoms with E-state index in [-0.39, 0.29) is 17.4 Å². The molecule has 2 N–H and O–H groups in total. The SMILES string of the molecule is Cc1ccc(NC(=O)c2ccnc(C(C)C)c2)cc1-c1cc(N2CCOCC2)nc(N(C)CCc2ccc(NC(=O)c3ccnc(C(F)(F)F)c3)cc2-c2cc(N3CCOCC3)nc(N(C)C)n2)n1. The van der Waals surface area contributed by atoms with Gasteiger partial charge < -0.3 is 39.7 Å². The molecule has 8 rings (SSSR count). The number of carbonyl (C=O) groups excluding carboxylic acids is 2. The number of rotatable bonds is 14. The Labute approximate surface area is 399 Å². The molecule has 6 aromatic rings. The van der Waals surface area contributed by atoms with Crippen molar-refractivity contribution in [1.29, 1.82) is 0 Å². The third-order valence-corrected chi connectivity index (χ3v) is 11.9. The molecule has 360 valence electrons. The van der Waals surface area contributed by atoms with Crippen molar-refractivity contribution in [2.45, 2.75) is 39.3 Å². The first-order valence-electron chi connectivity index (χ1n) is 22.8. The number of nitrogens with zero attached hydrogens (tertiary/aromatic N) is 10. The minimum Gasteiger partial charge on any atom is -0.378 e. The van der Waals surface area contributed by atoms with Crippen LogP contribution in [0.4, 0.5) is 48.1 Å². The van der Waals surface area contributed by atoms with E-state index in [9.17, 15) is 22.8 Å². The number of hydrogen-bond acceptors (Lipinski definition) is 14. The number of pyridine rings is 2. The van der Waals surface area contributed by atoms with Gasteiger partial charge in [0.15, 0.2) is 0 Å². The molecule has 16 nitrogen and oxygen atoms in total. The van der Waals surface area contributed by atoms with Crippen molar-refractivity contribution in [2.24, 2.45) is 0 Å². The van der Waals surface area contributed by atoms with Gasteiger partial charge in [-0.25, -0.2) is 9.97 Å². The van der Waals surface area contributed by atoms with Gasteiger partial charge in [-0.15, -0.1) is 0 Å². The molecule has 4 aromatic heterocycles. The molecule has 2 aromatic carbocycles. The molecule has 0 aliphatic carbocycles. The Morgan fingerprint density at radius 2 is 1.22 bits per heavy atom. The number of benzene rings is 2. The number of nitrogens with one attached hydrogen (secondary N) is 2. The number of alkyl halides is 3. The monoisotopic (exact) mass is 944 g/mol. The molecule has 2 fully saturated rings. The third-order valence-electron chi connectivity index (χ3n) is 11.9. The van der Waals surface area contributed by atoms with Gasteiger partial charge in [-0.1, -0.05) is 26.0 Å². The van der Waals surface area contributed by atoms with Crippen molar-refractivity contribution in [3.8, 4) is 22.5 Å². The minimum atomic E-state index is -4.72. The lowest BCUT2D eigenvalue weighted by molar-refractivity contribution is -0.141. The molecule has 69 heavy (non-hydrogen) atoms. The zero-order chi connectivity index (χ0) is 48.8. The second-order valence-corrected chi connectivity index (χ2v) is 17.4. The smallest absolute Gasteiger partial charge is 0.378 e. The molecule has 0 bridgehead atoms. The summed E-state index contributed by atoms with van der Waals surface area (Å²) in [6.45, 7) is 11.3. The topological polar surface area (TPSA) is 167 Å². The summed E-state index contributed by atoms with van der Waals surface area (Å²) in [5, 5.41) is 5.85. The molecule has 2 aliphatic heterocycles. The Morgan fingerprint density at radius 3 is 1.81 bits per heavy atom. The molecule has 2 saturated heterocycles. The van der Waals surface area contributed by atoms with Crippen molar-refractivity contribution >= 4 is 46.7 Å². The van der Waals surface area contributed by atoms with Crippen molar-refractivity contribution in [3.63, 3.8) is 0 Å². The zero-order valence-corrected chi connectivity index (χ0v) is 39.5. The molecule has 0 saturated carbocycles. The molecule has 0 atom stereocenters. The average Bonchev–Trinajstić information content (AvgIpc) is 3.36. The van der Waals surface area contributed by atoms with E-state index in [4.69, 9.17) is 29.4 Å². The fourth-order valence-corrected chi connectivity index (χ4v) is 7.91. The first kappa shape index (κ1) is 48.2. The van der Waals surface area contributed by atoms with E-state index >= 15 is 0 Å². The Hall–Kier alpha value is -7.25. The third kappa shape index (κ3) is 11.7. The molecule has 19 heteroatoms. The van der Waals surface area contributed by atoms with E-state index in [1.807, 2.05) is 94.2 Å². The minimum absolute atomic E-state index is 0.169. The van der Waals surface area contributed by atoms with Crippen molar-refractivity contribution < 1.29 is 32.2 Å². The van der Waals surface area contributed by atoms with E-state index in [0.29, 0.717) is 117 Å². The number of halogens is 3. The van der Waals surface area contributed by atoms with Crippen LogP contribution in [0.25, 0.3) is 22.5 Å². The number of carbonyl (C=O) groups is 2. The van der Waals surface area contributed by atoms with Gasteiger partial charge >= 0.3 is 6.18 Å². The average molecular weight is 945 g/mol. The first-order chi connectivity index (χ1) is 33.1. The Kier molecular flexibility index (Phi) is 14.6. The quantitative estimate of drug-likeness (QED) is 0.109. The summed E-state index contributed by atoms with van der Waals surface area (Å²) in [4.78, 5) is 62.8. The summed E-state index contributed by atoms with van der Waals surface area (Å²) in [5.74, 6) is 1.60. The van der Waals surface area contributed by atoms with Crippen molar-refractivity contribution in [3.05, 3.63) is 119 Å². The molecule has 0 spiro atoms. The molecule has 0 unspecified atom stereocenters. The van der Waals surface area contributed by atoms with Crippen LogP contribution < -0.4 is 30.2 Å². The molecule has 0 radical (unpaired) electrons. The van der Waals surface area contributed by atoms with E-state index in [1.165, 1.54) is 6.07 Å². The van der Waals surface area contributed by atoms with Gasteiger partial charge in [-0.3, -0.25) is 19.6 Å².